The van der Waals surface area contributed by atoms with Crippen LogP contribution in [-0.2, 0) is 4.79 Å². The van der Waals surface area contributed by atoms with E-state index in [-0.39, 0.29) is 11.9 Å². The molecule has 36 heavy (non-hydrogen) atoms. The fourth-order valence-corrected chi connectivity index (χ4v) is 6.08. The summed E-state index contributed by atoms with van der Waals surface area (Å²) in [7, 11) is 0. The summed E-state index contributed by atoms with van der Waals surface area (Å²) in [5, 5.41) is 19.9. The van der Waals surface area contributed by atoms with Crippen molar-refractivity contribution < 1.29 is 9.90 Å². The number of benzene rings is 3. The Bertz CT molecular complexity index is 1680. The van der Waals surface area contributed by atoms with Crippen LogP contribution in [0.4, 0.5) is 5.13 Å². The molecule has 0 aliphatic carbocycles. The van der Waals surface area contributed by atoms with Crippen LogP contribution in [-0.4, -0.2) is 21.7 Å². The summed E-state index contributed by atoms with van der Waals surface area (Å²) in [6, 6.07) is 20.9. The minimum Gasteiger partial charge on any atom is -0.492 e. The van der Waals surface area contributed by atoms with Gasteiger partial charge in [-0.15, -0.1) is 0 Å². The molecule has 0 spiro atoms. The van der Waals surface area contributed by atoms with E-state index in [0.717, 1.165) is 25.8 Å². The van der Waals surface area contributed by atoms with Crippen molar-refractivity contribution in [2.45, 2.75) is 12.5 Å². The van der Waals surface area contributed by atoms with Crippen LogP contribution in [0, 0.1) is 0 Å². The first-order chi connectivity index (χ1) is 17.4. The maximum atomic E-state index is 12.8. The highest BCUT2D eigenvalue weighted by atomic mass is 79.9. The number of nitrogens with zero attached hydrogens (tertiary/aromatic N) is 4. The van der Waals surface area contributed by atoms with Crippen molar-refractivity contribution in [3.05, 3.63) is 107 Å². The van der Waals surface area contributed by atoms with Crippen LogP contribution in [0.3, 0.4) is 0 Å². The Morgan fingerprint density at radius 3 is 2.47 bits per heavy atom. The quantitative estimate of drug-likeness (QED) is 0.308. The van der Waals surface area contributed by atoms with Crippen LogP contribution >= 0.6 is 54.8 Å². The first-order valence-electron chi connectivity index (χ1n) is 10.9. The number of thiazole rings is 1. The molecule has 3 aromatic carbocycles. The fourth-order valence-electron chi connectivity index (χ4n) is 4.32. The highest BCUT2D eigenvalue weighted by Gasteiger charge is 2.34. The fraction of sp³-hybridized carbons (Fsp3) is 0.0769. The number of anilines is 1. The normalized spacial score (nSPS) is 16.8. The van der Waals surface area contributed by atoms with Gasteiger partial charge in [-0.25, -0.2) is 10.0 Å². The molecule has 178 valence electrons. The van der Waals surface area contributed by atoms with Crippen LogP contribution in [0.2, 0.25) is 5.02 Å². The topological polar surface area (TPSA) is 78.2 Å². The average Bonchev–Trinajstić information content (AvgIpc) is 3.54. The number of carbonyl (C=O) groups excluding carboxylic acids is 1. The van der Waals surface area contributed by atoms with Gasteiger partial charge >= 0.3 is 0 Å². The van der Waals surface area contributed by atoms with Crippen molar-refractivity contribution in [1.82, 2.24) is 4.98 Å². The number of rotatable bonds is 4. The number of aromatic hydroxyl groups is 1. The van der Waals surface area contributed by atoms with Crippen molar-refractivity contribution >= 4 is 77.1 Å². The molecule has 10 heteroatoms. The monoisotopic (exact) mass is 640 g/mol. The second-order valence-electron chi connectivity index (χ2n) is 8.27. The second-order valence-corrected chi connectivity index (χ2v) is 11.5. The highest BCUT2D eigenvalue weighted by Crippen LogP contribution is 2.43. The third-order valence-electron chi connectivity index (χ3n) is 6.03. The molecule has 2 aliphatic rings. The van der Waals surface area contributed by atoms with E-state index in [1.807, 2.05) is 65.7 Å². The molecule has 1 amide bonds. The Balaban J connectivity index is 1.47. The summed E-state index contributed by atoms with van der Waals surface area (Å²) < 4.78 is 1.81. The lowest BCUT2D eigenvalue weighted by Crippen LogP contribution is -2.22. The zero-order valence-electron chi connectivity index (χ0n) is 18.3. The summed E-state index contributed by atoms with van der Waals surface area (Å²) in [5.41, 5.74) is 3.25. The van der Waals surface area contributed by atoms with Gasteiger partial charge in [0.25, 0.3) is 5.91 Å². The van der Waals surface area contributed by atoms with E-state index in [0.29, 0.717) is 37.6 Å². The number of halogens is 3. The molecule has 3 heterocycles. The predicted molar refractivity (Wildman–Crippen MR) is 148 cm³/mol. The van der Waals surface area contributed by atoms with Crippen LogP contribution in [0.15, 0.2) is 85.8 Å². The zero-order valence-corrected chi connectivity index (χ0v) is 23.1. The van der Waals surface area contributed by atoms with Gasteiger partial charge in [0.05, 0.1) is 22.7 Å². The number of aromatic nitrogens is 1. The van der Waals surface area contributed by atoms with Gasteiger partial charge in [0.15, 0.2) is 0 Å². The summed E-state index contributed by atoms with van der Waals surface area (Å²) in [6.07, 6.45) is 0.638. The van der Waals surface area contributed by atoms with E-state index < -0.39 is 5.91 Å². The van der Waals surface area contributed by atoms with Gasteiger partial charge in [0, 0.05) is 25.6 Å². The van der Waals surface area contributed by atoms with Gasteiger partial charge in [-0.05, 0) is 53.6 Å². The summed E-state index contributed by atoms with van der Waals surface area (Å²) in [5.74, 6) is -0.619. The Kier molecular flexibility index (Phi) is 6.03. The van der Waals surface area contributed by atoms with Gasteiger partial charge in [-0.1, -0.05) is 79.1 Å². The van der Waals surface area contributed by atoms with E-state index in [9.17, 15) is 9.90 Å². The minimum atomic E-state index is -0.400. The van der Waals surface area contributed by atoms with Gasteiger partial charge in [0.1, 0.15) is 4.88 Å². The molecule has 0 fully saturated rings. The third-order valence-corrected chi connectivity index (χ3v) is 8.35. The third kappa shape index (κ3) is 4.20. The highest BCUT2D eigenvalue weighted by molar-refractivity contribution is 9.10. The molecular weight excluding hydrogens is 628 g/mol. The molecule has 1 atom stereocenters. The minimum absolute atomic E-state index is 0.158. The maximum Gasteiger partial charge on any atom is 0.279 e. The summed E-state index contributed by atoms with van der Waals surface area (Å²) >= 11 is 14.3. The number of fused-ring (bicyclic) bond motifs is 1. The van der Waals surface area contributed by atoms with Crippen molar-refractivity contribution in [3.63, 3.8) is 0 Å². The van der Waals surface area contributed by atoms with E-state index in [4.69, 9.17) is 16.7 Å². The molecule has 6 rings (SSSR count). The summed E-state index contributed by atoms with van der Waals surface area (Å²) in [6.45, 7) is 0. The zero-order chi connectivity index (χ0) is 25.0. The van der Waals surface area contributed by atoms with Gasteiger partial charge in [0.2, 0.25) is 11.0 Å². The van der Waals surface area contributed by atoms with Crippen LogP contribution in [0.25, 0.3) is 5.57 Å². The lowest BCUT2D eigenvalue weighted by molar-refractivity contribution is -0.112. The van der Waals surface area contributed by atoms with E-state index in [1.54, 1.807) is 6.07 Å². The second kappa shape index (κ2) is 9.23. The predicted octanol–water partition coefficient (Wildman–Crippen LogP) is 5.74. The average molecular weight is 643 g/mol. The lowest BCUT2D eigenvalue weighted by atomic mass is 9.99. The molecule has 0 saturated heterocycles. The summed E-state index contributed by atoms with van der Waals surface area (Å²) in [4.78, 5) is 21.7. The molecule has 4 aromatic rings. The van der Waals surface area contributed by atoms with Gasteiger partial charge in [-0.3, -0.25) is 4.79 Å². The Morgan fingerprint density at radius 2 is 1.72 bits per heavy atom. The lowest BCUT2D eigenvalue weighted by Gasteiger charge is -2.21. The van der Waals surface area contributed by atoms with E-state index in [2.05, 4.69) is 41.8 Å². The van der Waals surface area contributed by atoms with E-state index in [1.165, 1.54) is 11.3 Å². The molecule has 1 aromatic heterocycles. The number of carbonyl (C=O) groups is 1. The number of amides is 1. The SMILES string of the molecule is O=C1N=c2ccc(Br)cc2=C1c1sc(N2N=C(c3ccc(Br)cc3)CC2c2ccc(Cl)cc2)nc1O. The molecule has 0 bridgehead atoms. The van der Waals surface area contributed by atoms with Crippen molar-refractivity contribution in [2.24, 2.45) is 10.1 Å². The molecule has 1 unspecified atom stereocenters. The first kappa shape index (κ1) is 23.5. The van der Waals surface area contributed by atoms with Gasteiger partial charge < -0.3 is 5.11 Å². The van der Waals surface area contributed by atoms with Crippen molar-refractivity contribution in [1.29, 1.82) is 0 Å². The van der Waals surface area contributed by atoms with Crippen molar-refractivity contribution in [2.75, 3.05) is 5.01 Å². The smallest absolute Gasteiger partial charge is 0.279 e. The molecule has 0 radical (unpaired) electrons. The Labute approximate surface area is 231 Å². The van der Waals surface area contributed by atoms with Crippen LogP contribution < -0.4 is 15.6 Å². The maximum absolute atomic E-state index is 12.8. The molecule has 6 nitrogen and oxygen atoms in total. The van der Waals surface area contributed by atoms with Gasteiger partial charge in [-0.2, -0.15) is 10.1 Å². The molecular formula is C26H15Br2ClN4O2S. The van der Waals surface area contributed by atoms with Crippen LogP contribution in [0.5, 0.6) is 5.88 Å². The molecule has 0 saturated carbocycles. The standard InChI is InChI=1S/C26H15Br2ClN4O2S/c27-15-5-1-13(2-6-15)20-12-21(14-3-8-17(29)9-4-14)33(32-20)26-31-25(35)23(36-26)22-18-11-16(28)7-10-19(18)30-24(22)34/h1-11,21,35H,12H2. The number of hydrogen-bond donors (Lipinski definition) is 1. The number of hydrogen-bond acceptors (Lipinski definition) is 6. The molecule has 2 aliphatic heterocycles. The Morgan fingerprint density at radius 1 is 1.00 bits per heavy atom. The Hall–Kier alpha value is -2.85. The van der Waals surface area contributed by atoms with E-state index >= 15 is 0 Å². The first-order valence-corrected chi connectivity index (χ1v) is 13.7. The van der Waals surface area contributed by atoms with Crippen LogP contribution in [0.1, 0.15) is 28.5 Å². The van der Waals surface area contributed by atoms with Crippen molar-refractivity contribution in [3.8, 4) is 5.88 Å². The largest absolute Gasteiger partial charge is 0.492 e. The molecule has 1 N–H and O–H groups in total. The number of hydrazone groups is 1.